The predicted molar refractivity (Wildman–Crippen MR) is 136 cm³/mol. The molecule has 0 spiro atoms. The average molecular weight is 560 g/mol. The van der Waals surface area contributed by atoms with Crippen molar-refractivity contribution in [3.05, 3.63) is 58.6 Å². The van der Waals surface area contributed by atoms with E-state index in [0.717, 1.165) is 30.0 Å². The summed E-state index contributed by atoms with van der Waals surface area (Å²) in [5, 5.41) is 17.9. The van der Waals surface area contributed by atoms with Crippen molar-refractivity contribution in [2.24, 2.45) is 4.99 Å². The zero-order chi connectivity index (χ0) is 21.6. The summed E-state index contributed by atoms with van der Waals surface area (Å²) in [6, 6.07) is 13.4. The average Bonchev–Trinajstić information content (AvgIpc) is 3.56. The van der Waals surface area contributed by atoms with Crippen LogP contribution < -0.4 is 20.1 Å². The maximum Gasteiger partial charge on any atom is 0.191 e. The van der Waals surface area contributed by atoms with Crippen LogP contribution >= 0.6 is 35.6 Å². The molecule has 0 amide bonds. The van der Waals surface area contributed by atoms with Crippen LogP contribution in [-0.4, -0.2) is 44.9 Å². The molecule has 1 aliphatic rings. The number of methoxy groups -OCH3 is 2. The molecule has 1 saturated carbocycles. The molecule has 1 atom stereocenters. The van der Waals surface area contributed by atoms with Crippen molar-refractivity contribution in [1.82, 2.24) is 10.6 Å². The molecule has 1 fully saturated rings. The number of aliphatic imine (C=N–C) groups is 1. The first-order valence-corrected chi connectivity index (χ1v) is 10.6. The third-order valence-corrected chi connectivity index (χ3v) is 5.66. The molecular weight excluding hydrogens is 529 g/mol. The second kappa shape index (κ2) is 11.8. The van der Waals surface area contributed by atoms with Crippen LogP contribution in [0.2, 0.25) is 5.02 Å². The quantitative estimate of drug-likeness (QED) is 0.243. The number of nitrogens with zero attached hydrogens (tertiary/aromatic N) is 1. The van der Waals surface area contributed by atoms with E-state index in [9.17, 15) is 5.11 Å². The van der Waals surface area contributed by atoms with E-state index in [1.165, 1.54) is 5.56 Å². The first-order valence-electron chi connectivity index (χ1n) is 10.2. The van der Waals surface area contributed by atoms with E-state index < -0.39 is 6.10 Å². The van der Waals surface area contributed by atoms with E-state index >= 15 is 0 Å². The van der Waals surface area contributed by atoms with Gasteiger partial charge in [-0.25, -0.2) is 0 Å². The van der Waals surface area contributed by atoms with Crippen molar-refractivity contribution in [2.75, 3.05) is 33.9 Å². The molecule has 8 heteroatoms. The highest BCUT2D eigenvalue weighted by atomic mass is 127. The summed E-state index contributed by atoms with van der Waals surface area (Å²) in [7, 11) is 3.17. The van der Waals surface area contributed by atoms with Gasteiger partial charge in [0.15, 0.2) is 17.5 Å². The maximum atomic E-state index is 10.6. The Bertz CT molecular complexity index is 890. The fourth-order valence-electron chi connectivity index (χ4n) is 3.45. The largest absolute Gasteiger partial charge is 0.493 e. The Morgan fingerprint density at radius 3 is 2.48 bits per heavy atom. The summed E-state index contributed by atoms with van der Waals surface area (Å²) < 4.78 is 10.6. The summed E-state index contributed by atoms with van der Waals surface area (Å²) >= 11 is 6.17. The normalized spacial score (nSPS) is 15.5. The van der Waals surface area contributed by atoms with Crippen LogP contribution in [0.25, 0.3) is 0 Å². The van der Waals surface area contributed by atoms with Gasteiger partial charge in [0.2, 0.25) is 0 Å². The molecule has 6 nitrogen and oxygen atoms in total. The molecule has 170 valence electrons. The van der Waals surface area contributed by atoms with E-state index in [1.807, 2.05) is 31.2 Å². The van der Waals surface area contributed by atoms with Gasteiger partial charge in [0.1, 0.15) is 0 Å². The minimum absolute atomic E-state index is 0. The number of rotatable bonds is 9. The molecule has 31 heavy (non-hydrogen) atoms. The van der Waals surface area contributed by atoms with Gasteiger partial charge in [-0.1, -0.05) is 29.8 Å². The Labute approximate surface area is 206 Å². The lowest BCUT2D eigenvalue weighted by atomic mass is 9.96. The van der Waals surface area contributed by atoms with E-state index in [0.29, 0.717) is 30.5 Å². The summed E-state index contributed by atoms with van der Waals surface area (Å²) in [6.45, 7) is 3.76. The van der Waals surface area contributed by atoms with Gasteiger partial charge < -0.3 is 25.2 Å². The molecule has 0 aromatic heterocycles. The van der Waals surface area contributed by atoms with Gasteiger partial charge in [0.05, 0.1) is 26.9 Å². The predicted octanol–water partition coefficient (Wildman–Crippen LogP) is 4.30. The highest BCUT2D eigenvalue weighted by Crippen LogP contribution is 2.48. The number of hydrogen-bond acceptors (Lipinski definition) is 4. The second-order valence-corrected chi connectivity index (χ2v) is 7.93. The van der Waals surface area contributed by atoms with Gasteiger partial charge in [0.25, 0.3) is 0 Å². The maximum absolute atomic E-state index is 10.6. The fourth-order valence-corrected chi connectivity index (χ4v) is 3.64. The van der Waals surface area contributed by atoms with E-state index in [-0.39, 0.29) is 29.4 Å². The smallest absolute Gasteiger partial charge is 0.191 e. The highest BCUT2D eigenvalue weighted by molar-refractivity contribution is 14.0. The highest BCUT2D eigenvalue weighted by Gasteiger charge is 2.44. The van der Waals surface area contributed by atoms with Crippen LogP contribution in [0, 0.1) is 0 Å². The first-order chi connectivity index (χ1) is 14.5. The lowest BCUT2D eigenvalue weighted by Gasteiger charge is -2.18. The molecule has 3 N–H and O–H groups in total. The molecule has 0 aliphatic heterocycles. The third kappa shape index (κ3) is 6.63. The van der Waals surface area contributed by atoms with E-state index in [2.05, 4.69) is 16.7 Å². The SMILES string of the molecule is CCNC(=NCC1(c2cccc(Cl)c2)CC1)NCC(O)c1ccc(OC)c(OC)c1.I. The van der Waals surface area contributed by atoms with Gasteiger partial charge in [-0.3, -0.25) is 4.99 Å². The number of benzene rings is 2. The zero-order valence-corrected chi connectivity index (χ0v) is 21.2. The van der Waals surface area contributed by atoms with Gasteiger partial charge >= 0.3 is 0 Å². The number of aliphatic hydroxyl groups is 1. The van der Waals surface area contributed by atoms with Crippen LogP contribution in [0.5, 0.6) is 11.5 Å². The van der Waals surface area contributed by atoms with Gasteiger partial charge in [0, 0.05) is 23.5 Å². The number of ether oxygens (including phenoxy) is 2. The topological polar surface area (TPSA) is 75.1 Å². The summed E-state index contributed by atoms with van der Waals surface area (Å²) in [5.41, 5.74) is 2.04. The van der Waals surface area contributed by atoms with Gasteiger partial charge in [-0.15, -0.1) is 24.0 Å². The number of guanidine groups is 1. The Balaban J connectivity index is 0.00000341. The fraction of sp³-hybridized carbons (Fsp3) is 0.435. The number of hydrogen-bond donors (Lipinski definition) is 3. The van der Waals surface area contributed by atoms with Crippen molar-refractivity contribution in [3.63, 3.8) is 0 Å². The van der Waals surface area contributed by atoms with Crippen molar-refractivity contribution in [2.45, 2.75) is 31.3 Å². The molecule has 2 aromatic rings. The number of aliphatic hydroxyl groups excluding tert-OH is 1. The van der Waals surface area contributed by atoms with Crippen LogP contribution in [0.4, 0.5) is 0 Å². The van der Waals surface area contributed by atoms with Crippen molar-refractivity contribution in [3.8, 4) is 11.5 Å². The Morgan fingerprint density at radius 1 is 1.13 bits per heavy atom. The summed E-state index contributed by atoms with van der Waals surface area (Å²) in [6.07, 6.45) is 1.49. The second-order valence-electron chi connectivity index (χ2n) is 7.50. The molecule has 0 saturated heterocycles. The van der Waals surface area contributed by atoms with Crippen molar-refractivity contribution >= 4 is 41.5 Å². The summed E-state index contributed by atoms with van der Waals surface area (Å²) in [5.74, 6) is 1.91. The molecule has 1 unspecified atom stereocenters. The van der Waals surface area contributed by atoms with Crippen LogP contribution in [0.15, 0.2) is 47.5 Å². The minimum Gasteiger partial charge on any atom is -0.493 e. The molecule has 3 rings (SSSR count). The molecule has 0 radical (unpaired) electrons. The monoisotopic (exact) mass is 559 g/mol. The summed E-state index contributed by atoms with van der Waals surface area (Å²) in [4.78, 5) is 4.78. The van der Waals surface area contributed by atoms with E-state index in [1.54, 1.807) is 26.4 Å². The van der Waals surface area contributed by atoms with Crippen molar-refractivity contribution in [1.29, 1.82) is 0 Å². The lowest BCUT2D eigenvalue weighted by molar-refractivity contribution is 0.180. The van der Waals surface area contributed by atoms with Crippen LogP contribution in [-0.2, 0) is 5.41 Å². The Hall–Kier alpha value is -1.71. The third-order valence-electron chi connectivity index (χ3n) is 5.43. The molecule has 1 aliphatic carbocycles. The number of nitrogens with one attached hydrogen (secondary N) is 2. The molecule has 0 bridgehead atoms. The van der Waals surface area contributed by atoms with Gasteiger partial charge in [-0.2, -0.15) is 0 Å². The zero-order valence-electron chi connectivity index (χ0n) is 18.2. The van der Waals surface area contributed by atoms with E-state index in [4.69, 9.17) is 26.1 Å². The molecule has 0 heterocycles. The standard InChI is InChI=1S/C23H30ClN3O3.HI/c1-4-25-22(27-15-23(10-11-23)17-6-5-7-18(24)13-17)26-14-19(28)16-8-9-20(29-2)21(12-16)30-3;/h5-9,12-13,19,28H,4,10-11,14-15H2,1-3H3,(H2,25,26,27);1H. The van der Waals surface area contributed by atoms with Crippen molar-refractivity contribution < 1.29 is 14.6 Å². The lowest BCUT2D eigenvalue weighted by Crippen LogP contribution is -2.40. The van der Waals surface area contributed by atoms with Crippen LogP contribution in [0.3, 0.4) is 0 Å². The van der Waals surface area contributed by atoms with Crippen LogP contribution in [0.1, 0.15) is 37.0 Å². The minimum atomic E-state index is -0.712. The Kier molecular flexibility index (Phi) is 9.71. The molecular formula is C23H31ClIN3O3. The molecule has 2 aromatic carbocycles. The number of halogens is 2. The Morgan fingerprint density at radius 2 is 1.87 bits per heavy atom. The first kappa shape index (κ1) is 25.5. The van der Waals surface area contributed by atoms with Gasteiger partial charge in [-0.05, 0) is 55.2 Å².